The summed E-state index contributed by atoms with van der Waals surface area (Å²) in [7, 11) is 0. The van der Waals surface area contributed by atoms with Crippen LogP contribution in [0, 0.1) is 0 Å². The molecular formula is C13H18N2O. The van der Waals surface area contributed by atoms with Crippen LogP contribution in [0.15, 0.2) is 16.9 Å². The van der Waals surface area contributed by atoms with Gasteiger partial charge < -0.3 is 9.88 Å². The lowest BCUT2D eigenvalue weighted by atomic mass is 10.2. The van der Waals surface area contributed by atoms with Gasteiger partial charge in [0.1, 0.15) is 0 Å². The molecule has 0 radical (unpaired) electrons. The maximum absolute atomic E-state index is 11.9. The van der Waals surface area contributed by atoms with Crippen LogP contribution >= 0.6 is 0 Å². The van der Waals surface area contributed by atoms with Gasteiger partial charge in [0.15, 0.2) is 0 Å². The van der Waals surface area contributed by atoms with Gasteiger partial charge in [0.05, 0.1) is 0 Å². The molecule has 1 saturated heterocycles. The van der Waals surface area contributed by atoms with E-state index in [1.54, 1.807) is 6.07 Å². The van der Waals surface area contributed by atoms with Crippen molar-refractivity contribution >= 4 is 0 Å². The van der Waals surface area contributed by atoms with E-state index in [9.17, 15) is 4.79 Å². The largest absolute Gasteiger partial charge is 0.312 e. The summed E-state index contributed by atoms with van der Waals surface area (Å²) in [6.45, 7) is 1.97. The average molecular weight is 218 g/mol. The van der Waals surface area contributed by atoms with Crippen molar-refractivity contribution in [2.75, 3.05) is 6.54 Å². The van der Waals surface area contributed by atoms with Gasteiger partial charge in [0.25, 0.3) is 5.56 Å². The summed E-state index contributed by atoms with van der Waals surface area (Å²) < 4.78 is 2.01. The van der Waals surface area contributed by atoms with Crippen molar-refractivity contribution in [1.82, 2.24) is 9.88 Å². The SMILES string of the molecule is O=c1ccc2c(n1CC1CCCN1)CCC2. The second-order valence-electron chi connectivity index (χ2n) is 4.90. The molecule has 0 amide bonds. The van der Waals surface area contributed by atoms with Crippen molar-refractivity contribution < 1.29 is 0 Å². The molecule has 2 heterocycles. The standard InChI is InChI=1S/C13H18N2O/c16-13-7-6-10-3-1-5-12(10)15(13)9-11-4-2-8-14-11/h6-7,11,14H,1-5,8-9H2. The molecule has 1 aliphatic heterocycles. The second kappa shape index (κ2) is 4.06. The zero-order chi connectivity index (χ0) is 11.0. The molecule has 1 fully saturated rings. The predicted molar refractivity (Wildman–Crippen MR) is 63.8 cm³/mol. The van der Waals surface area contributed by atoms with Gasteiger partial charge in [-0.05, 0) is 44.2 Å². The summed E-state index contributed by atoms with van der Waals surface area (Å²) in [6.07, 6.45) is 5.88. The number of pyridine rings is 1. The molecule has 3 nitrogen and oxygen atoms in total. The zero-order valence-electron chi connectivity index (χ0n) is 9.54. The van der Waals surface area contributed by atoms with Crippen LogP contribution in [-0.2, 0) is 19.4 Å². The predicted octanol–water partition coefficient (Wildman–Crippen LogP) is 1.09. The molecule has 3 rings (SSSR count). The Labute approximate surface area is 95.5 Å². The van der Waals surface area contributed by atoms with E-state index in [-0.39, 0.29) is 5.56 Å². The van der Waals surface area contributed by atoms with Crippen molar-refractivity contribution in [1.29, 1.82) is 0 Å². The Morgan fingerprint density at radius 2 is 2.25 bits per heavy atom. The third-order valence-electron chi connectivity index (χ3n) is 3.81. The molecule has 3 heteroatoms. The third kappa shape index (κ3) is 1.69. The van der Waals surface area contributed by atoms with E-state index in [1.165, 1.54) is 30.5 Å². The first-order chi connectivity index (χ1) is 7.84. The van der Waals surface area contributed by atoms with Gasteiger partial charge in [-0.25, -0.2) is 0 Å². The lowest BCUT2D eigenvalue weighted by Gasteiger charge is -2.16. The fourth-order valence-corrected chi connectivity index (χ4v) is 2.97. The van der Waals surface area contributed by atoms with Gasteiger partial charge in [-0.2, -0.15) is 0 Å². The highest BCUT2D eigenvalue weighted by atomic mass is 16.1. The summed E-state index contributed by atoms with van der Waals surface area (Å²) in [5.41, 5.74) is 2.85. The number of nitrogens with zero attached hydrogens (tertiary/aromatic N) is 1. The number of rotatable bonds is 2. The number of hydrogen-bond donors (Lipinski definition) is 1. The minimum absolute atomic E-state index is 0.175. The molecule has 1 aliphatic carbocycles. The molecule has 1 unspecified atom stereocenters. The first kappa shape index (κ1) is 10.1. The van der Waals surface area contributed by atoms with Gasteiger partial charge >= 0.3 is 0 Å². The summed E-state index contributed by atoms with van der Waals surface area (Å²) in [5, 5.41) is 3.46. The third-order valence-corrected chi connectivity index (χ3v) is 3.81. The van der Waals surface area contributed by atoms with Crippen LogP contribution < -0.4 is 10.9 Å². The lowest BCUT2D eigenvalue weighted by molar-refractivity contribution is 0.488. The van der Waals surface area contributed by atoms with Crippen LogP contribution in [0.4, 0.5) is 0 Å². The molecule has 1 atom stereocenters. The number of fused-ring (bicyclic) bond motifs is 1. The maximum Gasteiger partial charge on any atom is 0.250 e. The van der Waals surface area contributed by atoms with Crippen LogP contribution in [0.25, 0.3) is 0 Å². The molecule has 0 spiro atoms. The molecule has 0 bridgehead atoms. The number of hydrogen-bond acceptors (Lipinski definition) is 2. The van der Waals surface area contributed by atoms with Crippen molar-refractivity contribution in [3.05, 3.63) is 33.7 Å². The van der Waals surface area contributed by atoms with E-state index in [0.717, 1.165) is 25.9 Å². The van der Waals surface area contributed by atoms with E-state index in [4.69, 9.17) is 0 Å². The topological polar surface area (TPSA) is 34.0 Å². The molecule has 1 aromatic heterocycles. The Morgan fingerprint density at radius 3 is 3.06 bits per heavy atom. The van der Waals surface area contributed by atoms with Crippen molar-refractivity contribution in [2.24, 2.45) is 0 Å². The smallest absolute Gasteiger partial charge is 0.250 e. The fourth-order valence-electron chi connectivity index (χ4n) is 2.97. The summed E-state index contributed by atoms with van der Waals surface area (Å²) in [4.78, 5) is 11.9. The van der Waals surface area contributed by atoms with E-state index in [0.29, 0.717) is 6.04 Å². The molecule has 2 aliphatic rings. The summed E-state index contributed by atoms with van der Waals surface area (Å²) in [6, 6.07) is 4.26. The highest BCUT2D eigenvalue weighted by molar-refractivity contribution is 5.25. The zero-order valence-corrected chi connectivity index (χ0v) is 9.54. The Bertz CT molecular complexity index is 444. The first-order valence-electron chi connectivity index (χ1n) is 6.29. The summed E-state index contributed by atoms with van der Waals surface area (Å²) in [5.74, 6) is 0. The maximum atomic E-state index is 11.9. The van der Waals surface area contributed by atoms with Crippen molar-refractivity contribution in [2.45, 2.75) is 44.7 Å². The normalized spacial score (nSPS) is 23.6. The highest BCUT2D eigenvalue weighted by Crippen LogP contribution is 2.20. The van der Waals surface area contributed by atoms with Crippen molar-refractivity contribution in [3.8, 4) is 0 Å². The Balaban J connectivity index is 1.93. The molecule has 86 valence electrons. The van der Waals surface area contributed by atoms with E-state index < -0.39 is 0 Å². The molecule has 0 aromatic carbocycles. The van der Waals surface area contributed by atoms with Gasteiger partial charge in [-0.1, -0.05) is 6.07 Å². The van der Waals surface area contributed by atoms with Crippen LogP contribution in [0.2, 0.25) is 0 Å². The monoisotopic (exact) mass is 218 g/mol. The Kier molecular flexibility index (Phi) is 2.56. The minimum atomic E-state index is 0.175. The minimum Gasteiger partial charge on any atom is -0.312 e. The quantitative estimate of drug-likeness (QED) is 0.806. The molecular weight excluding hydrogens is 200 g/mol. The highest BCUT2D eigenvalue weighted by Gasteiger charge is 2.20. The van der Waals surface area contributed by atoms with Crippen LogP contribution in [0.5, 0.6) is 0 Å². The molecule has 0 saturated carbocycles. The molecule has 1 aromatic rings. The van der Waals surface area contributed by atoms with Crippen LogP contribution in [0.1, 0.15) is 30.5 Å². The molecule has 1 N–H and O–H groups in total. The van der Waals surface area contributed by atoms with E-state index in [1.807, 2.05) is 10.6 Å². The second-order valence-corrected chi connectivity index (χ2v) is 4.90. The first-order valence-corrected chi connectivity index (χ1v) is 6.29. The number of nitrogens with one attached hydrogen (secondary N) is 1. The Hall–Kier alpha value is -1.09. The van der Waals surface area contributed by atoms with E-state index >= 15 is 0 Å². The average Bonchev–Trinajstić information content (AvgIpc) is 2.92. The van der Waals surface area contributed by atoms with E-state index in [2.05, 4.69) is 5.32 Å². The van der Waals surface area contributed by atoms with Gasteiger partial charge in [-0.15, -0.1) is 0 Å². The van der Waals surface area contributed by atoms with Crippen molar-refractivity contribution in [3.63, 3.8) is 0 Å². The van der Waals surface area contributed by atoms with Gasteiger partial charge in [0.2, 0.25) is 0 Å². The van der Waals surface area contributed by atoms with Crippen LogP contribution in [0.3, 0.4) is 0 Å². The van der Waals surface area contributed by atoms with Gasteiger partial charge in [-0.3, -0.25) is 4.79 Å². The molecule has 16 heavy (non-hydrogen) atoms. The van der Waals surface area contributed by atoms with Crippen LogP contribution in [-0.4, -0.2) is 17.2 Å². The fraction of sp³-hybridized carbons (Fsp3) is 0.615. The Morgan fingerprint density at radius 1 is 1.31 bits per heavy atom. The number of aromatic nitrogens is 1. The van der Waals surface area contributed by atoms with Gasteiger partial charge in [0, 0.05) is 24.3 Å². The lowest BCUT2D eigenvalue weighted by Crippen LogP contribution is -2.33. The number of aryl methyl sites for hydroxylation is 1. The summed E-state index contributed by atoms with van der Waals surface area (Å²) >= 11 is 0.